The van der Waals surface area contributed by atoms with E-state index in [0.29, 0.717) is 30.7 Å². The standard InChI is InChI=1S/C17H17BrN4O5S/c18-16-5-4-14(28(19,26)27)11-15(16)17(23)21-8-6-20(7-9-21)12-2-1-3-13(10-12)22(24)25/h1-5,10-11H,6-9H2,(H2,19,26,27). The Morgan fingerprint density at radius 2 is 1.79 bits per heavy atom. The Morgan fingerprint density at radius 1 is 1.11 bits per heavy atom. The van der Waals surface area contributed by atoms with Crippen molar-refractivity contribution in [2.45, 2.75) is 4.90 Å². The van der Waals surface area contributed by atoms with Crippen molar-refractivity contribution < 1.29 is 18.1 Å². The molecule has 0 radical (unpaired) electrons. The molecule has 0 aromatic heterocycles. The second-order valence-electron chi connectivity index (χ2n) is 6.24. The van der Waals surface area contributed by atoms with E-state index in [9.17, 15) is 23.3 Å². The second kappa shape index (κ2) is 7.86. The molecule has 1 heterocycles. The van der Waals surface area contributed by atoms with Crippen LogP contribution >= 0.6 is 15.9 Å². The van der Waals surface area contributed by atoms with E-state index in [1.807, 2.05) is 4.90 Å². The highest BCUT2D eigenvalue weighted by Crippen LogP contribution is 2.25. The van der Waals surface area contributed by atoms with Crippen LogP contribution in [-0.4, -0.2) is 50.3 Å². The molecule has 11 heteroatoms. The van der Waals surface area contributed by atoms with Crippen molar-refractivity contribution in [3.8, 4) is 0 Å². The third kappa shape index (κ3) is 4.32. The molecule has 2 N–H and O–H groups in total. The van der Waals surface area contributed by atoms with Crippen LogP contribution in [0.2, 0.25) is 0 Å². The number of halogens is 1. The molecule has 28 heavy (non-hydrogen) atoms. The van der Waals surface area contributed by atoms with Crippen LogP contribution < -0.4 is 10.0 Å². The molecule has 3 rings (SSSR count). The van der Waals surface area contributed by atoms with Gasteiger partial charge in [-0.2, -0.15) is 0 Å². The van der Waals surface area contributed by atoms with Crippen molar-refractivity contribution >= 4 is 43.2 Å². The number of carbonyl (C=O) groups is 1. The van der Waals surface area contributed by atoms with E-state index in [4.69, 9.17) is 5.14 Å². The summed E-state index contributed by atoms with van der Waals surface area (Å²) in [5.41, 5.74) is 0.953. The average molecular weight is 469 g/mol. The Kier molecular flexibility index (Phi) is 5.68. The maximum atomic E-state index is 12.8. The number of hydrogen-bond donors (Lipinski definition) is 1. The van der Waals surface area contributed by atoms with Gasteiger partial charge in [0.1, 0.15) is 0 Å². The summed E-state index contributed by atoms with van der Waals surface area (Å²) in [5.74, 6) is -0.309. The second-order valence-corrected chi connectivity index (χ2v) is 8.66. The Hall–Kier alpha value is -2.50. The fourth-order valence-corrected chi connectivity index (χ4v) is 3.94. The fraction of sp³-hybridized carbons (Fsp3) is 0.235. The molecule has 148 valence electrons. The van der Waals surface area contributed by atoms with Crippen molar-refractivity contribution in [1.29, 1.82) is 0 Å². The van der Waals surface area contributed by atoms with Gasteiger partial charge >= 0.3 is 0 Å². The van der Waals surface area contributed by atoms with Crippen LogP contribution in [0.4, 0.5) is 11.4 Å². The Morgan fingerprint density at radius 3 is 2.39 bits per heavy atom. The van der Waals surface area contributed by atoms with Crippen LogP contribution in [-0.2, 0) is 10.0 Å². The van der Waals surface area contributed by atoms with E-state index >= 15 is 0 Å². The zero-order valence-electron chi connectivity index (χ0n) is 14.6. The van der Waals surface area contributed by atoms with Gasteiger partial charge in [-0.3, -0.25) is 14.9 Å². The van der Waals surface area contributed by atoms with Gasteiger partial charge in [0.25, 0.3) is 11.6 Å². The smallest absolute Gasteiger partial charge is 0.271 e. The molecular formula is C17H17BrN4O5S. The summed E-state index contributed by atoms with van der Waals surface area (Å²) in [6.45, 7) is 1.79. The Balaban J connectivity index is 1.74. The molecule has 0 unspecified atom stereocenters. The molecule has 0 spiro atoms. The zero-order chi connectivity index (χ0) is 20.5. The summed E-state index contributed by atoms with van der Waals surface area (Å²) in [6, 6.07) is 10.4. The minimum atomic E-state index is -3.92. The number of hydrogen-bond acceptors (Lipinski definition) is 6. The van der Waals surface area contributed by atoms with Crippen LogP contribution in [0.15, 0.2) is 51.8 Å². The van der Waals surface area contributed by atoms with E-state index in [0.717, 1.165) is 5.69 Å². The number of nitro groups is 1. The van der Waals surface area contributed by atoms with Crippen LogP contribution in [0.25, 0.3) is 0 Å². The molecule has 0 bridgehead atoms. The van der Waals surface area contributed by atoms with Crippen LogP contribution in [0.1, 0.15) is 10.4 Å². The van der Waals surface area contributed by atoms with Crippen LogP contribution in [0.5, 0.6) is 0 Å². The molecule has 2 aromatic rings. The summed E-state index contributed by atoms with van der Waals surface area (Å²) in [4.78, 5) is 26.8. The number of nitrogens with zero attached hydrogens (tertiary/aromatic N) is 3. The van der Waals surface area contributed by atoms with Gasteiger partial charge in [0, 0.05) is 48.5 Å². The number of rotatable bonds is 4. The molecule has 2 aromatic carbocycles. The Labute approximate surface area is 170 Å². The summed E-state index contributed by atoms with van der Waals surface area (Å²) in [5, 5.41) is 16.1. The minimum absolute atomic E-state index is 0.0137. The number of sulfonamides is 1. The number of amides is 1. The lowest BCUT2D eigenvalue weighted by molar-refractivity contribution is -0.384. The predicted molar refractivity (Wildman–Crippen MR) is 107 cm³/mol. The molecule has 1 fully saturated rings. The number of benzene rings is 2. The zero-order valence-corrected chi connectivity index (χ0v) is 17.0. The SMILES string of the molecule is NS(=O)(=O)c1ccc(Br)c(C(=O)N2CCN(c3cccc([N+](=O)[O-])c3)CC2)c1. The van der Waals surface area contributed by atoms with Gasteiger partial charge in [0.15, 0.2) is 0 Å². The molecule has 0 aliphatic carbocycles. The first-order valence-corrected chi connectivity index (χ1v) is 10.6. The van der Waals surface area contributed by atoms with Crippen molar-refractivity contribution in [3.63, 3.8) is 0 Å². The van der Waals surface area contributed by atoms with E-state index < -0.39 is 14.9 Å². The maximum absolute atomic E-state index is 12.8. The van der Waals surface area contributed by atoms with Gasteiger partial charge in [0.2, 0.25) is 10.0 Å². The first-order chi connectivity index (χ1) is 13.2. The summed E-state index contributed by atoms with van der Waals surface area (Å²) in [7, 11) is -3.92. The average Bonchev–Trinajstić information content (AvgIpc) is 2.67. The van der Waals surface area contributed by atoms with Crippen molar-refractivity contribution in [1.82, 2.24) is 4.90 Å². The Bertz CT molecular complexity index is 1040. The molecule has 1 saturated heterocycles. The van der Waals surface area contributed by atoms with E-state index in [2.05, 4.69) is 15.9 Å². The van der Waals surface area contributed by atoms with Crippen LogP contribution in [0, 0.1) is 10.1 Å². The first-order valence-electron chi connectivity index (χ1n) is 8.28. The third-order valence-electron chi connectivity index (χ3n) is 4.47. The highest BCUT2D eigenvalue weighted by Gasteiger charge is 2.25. The van der Waals surface area contributed by atoms with Crippen molar-refractivity contribution in [2.75, 3.05) is 31.1 Å². The highest BCUT2D eigenvalue weighted by molar-refractivity contribution is 9.10. The maximum Gasteiger partial charge on any atom is 0.271 e. The normalized spacial score (nSPS) is 14.8. The van der Waals surface area contributed by atoms with Gasteiger partial charge in [0.05, 0.1) is 15.4 Å². The van der Waals surface area contributed by atoms with Gasteiger partial charge in [-0.05, 0) is 40.2 Å². The van der Waals surface area contributed by atoms with E-state index in [1.54, 1.807) is 17.0 Å². The topological polar surface area (TPSA) is 127 Å². The molecule has 1 amide bonds. The highest BCUT2D eigenvalue weighted by atomic mass is 79.9. The lowest BCUT2D eigenvalue weighted by Crippen LogP contribution is -2.48. The monoisotopic (exact) mass is 468 g/mol. The molecular weight excluding hydrogens is 452 g/mol. The van der Waals surface area contributed by atoms with Gasteiger partial charge in [-0.25, -0.2) is 13.6 Å². The van der Waals surface area contributed by atoms with E-state index in [-0.39, 0.29) is 22.1 Å². The summed E-state index contributed by atoms with van der Waals surface area (Å²) >= 11 is 3.28. The lowest BCUT2D eigenvalue weighted by atomic mass is 10.1. The van der Waals surface area contributed by atoms with Crippen LogP contribution in [0.3, 0.4) is 0 Å². The number of anilines is 1. The van der Waals surface area contributed by atoms with E-state index in [1.165, 1.54) is 30.3 Å². The van der Waals surface area contributed by atoms with Gasteiger partial charge in [-0.1, -0.05) is 6.07 Å². The minimum Gasteiger partial charge on any atom is -0.368 e. The summed E-state index contributed by atoms with van der Waals surface area (Å²) < 4.78 is 23.6. The summed E-state index contributed by atoms with van der Waals surface area (Å²) in [6.07, 6.45) is 0. The fourth-order valence-electron chi connectivity index (χ4n) is 2.99. The molecule has 1 aliphatic heterocycles. The lowest BCUT2D eigenvalue weighted by Gasteiger charge is -2.36. The number of non-ortho nitro benzene ring substituents is 1. The quantitative estimate of drug-likeness (QED) is 0.539. The van der Waals surface area contributed by atoms with Gasteiger partial charge < -0.3 is 9.80 Å². The number of nitrogens with two attached hydrogens (primary N) is 1. The third-order valence-corrected chi connectivity index (χ3v) is 6.07. The number of primary sulfonamides is 1. The predicted octanol–water partition coefficient (Wildman–Crippen LogP) is 1.97. The van der Waals surface area contributed by atoms with Gasteiger partial charge in [-0.15, -0.1) is 0 Å². The van der Waals surface area contributed by atoms with Crippen molar-refractivity contribution in [3.05, 3.63) is 62.6 Å². The molecule has 0 atom stereocenters. The largest absolute Gasteiger partial charge is 0.368 e. The first kappa shape index (κ1) is 20.2. The number of piperazine rings is 1. The van der Waals surface area contributed by atoms with Crippen molar-refractivity contribution in [2.24, 2.45) is 5.14 Å². The number of carbonyl (C=O) groups excluding carboxylic acids is 1. The molecule has 1 aliphatic rings. The number of nitro benzene ring substituents is 1. The molecule has 0 saturated carbocycles. The molecule has 9 nitrogen and oxygen atoms in total.